The molecule has 0 atom stereocenters. The fourth-order valence-corrected chi connectivity index (χ4v) is 2.21. The summed E-state index contributed by atoms with van der Waals surface area (Å²) >= 11 is 5.35. The van der Waals surface area contributed by atoms with Gasteiger partial charge >= 0.3 is 0 Å². The van der Waals surface area contributed by atoms with Crippen molar-refractivity contribution in [2.45, 2.75) is 13.8 Å². The first-order valence-corrected chi connectivity index (χ1v) is 6.61. The van der Waals surface area contributed by atoms with Crippen LogP contribution in [0.15, 0.2) is 18.2 Å². The van der Waals surface area contributed by atoms with Crippen molar-refractivity contribution in [1.82, 2.24) is 4.90 Å². The summed E-state index contributed by atoms with van der Waals surface area (Å²) in [7, 11) is 0. The summed E-state index contributed by atoms with van der Waals surface area (Å²) < 4.78 is 11.0. The molecule has 0 amide bonds. The quantitative estimate of drug-likeness (QED) is 0.850. The van der Waals surface area contributed by atoms with Gasteiger partial charge in [-0.2, -0.15) is 0 Å². The molecule has 98 valence electrons. The number of ether oxygens (including phenoxy) is 2. The van der Waals surface area contributed by atoms with E-state index >= 15 is 0 Å². The molecule has 1 aliphatic rings. The third-order valence-electron chi connectivity index (χ3n) is 2.84. The second-order valence-corrected chi connectivity index (χ2v) is 4.35. The molecule has 18 heavy (non-hydrogen) atoms. The minimum absolute atomic E-state index is 0.594. The van der Waals surface area contributed by atoms with Gasteiger partial charge in [-0.15, -0.1) is 0 Å². The second-order valence-electron chi connectivity index (χ2n) is 3.96. The van der Waals surface area contributed by atoms with E-state index in [1.165, 1.54) is 0 Å². The van der Waals surface area contributed by atoms with Gasteiger partial charge in [-0.3, -0.25) is 0 Å². The predicted octanol–water partition coefficient (Wildman–Crippen LogP) is 2.50. The minimum atomic E-state index is 0.594. The molecule has 0 radical (unpaired) electrons. The van der Waals surface area contributed by atoms with Crippen molar-refractivity contribution in [2.24, 2.45) is 0 Å². The lowest BCUT2D eigenvalue weighted by Gasteiger charge is -2.23. The van der Waals surface area contributed by atoms with E-state index in [2.05, 4.69) is 24.1 Å². The van der Waals surface area contributed by atoms with Gasteiger partial charge in [0.1, 0.15) is 13.2 Å². The number of rotatable bonds is 3. The first-order valence-electron chi connectivity index (χ1n) is 6.20. The molecule has 2 rings (SSSR count). The van der Waals surface area contributed by atoms with E-state index in [0.29, 0.717) is 13.2 Å². The second kappa shape index (κ2) is 5.91. The SMILES string of the molecule is CCN(CC)C(=S)Nc1ccc2c(c1)OCCO2. The van der Waals surface area contributed by atoms with Crippen molar-refractivity contribution >= 4 is 23.0 Å². The van der Waals surface area contributed by atoms with Crippen LogP contribution >= 0.6 is 12.2 Å². The number of anilines is 1. The third kappa shape index (κ3) is 2.85. The van der Waals surface area contributed by atoms with E-state index in [-0.39, 0.29) is 0 Å². The van der Waals surface area contributed by atoms with Gasteiger partial charge in [0.2, 0.25) is 0 Å². The maximum atomic E-state index is 5.54. The van der Waals surface area contributed by atoms with Crippen LogP contribution in [0.5, 0.6) is 11.5 Å². The molecule has 0 aromatic heterocycles. The average Bonchev–Trinajstić information content (AvgIpc) is 2.40. The van der Waals surface area contributed by atoms with Gasteiger partial charge in [0, 0.05) is 24.8 Å². The van der Waals surface area contributed by atoms with E-state index in [9.17, 15) is 0 Å². The van der Waals surface area contributed by atoms with Crippen molar-refractivity contribution in [3.05, 3.63) is 18.2 Å². The van der Waals surface area contributed by atoms with Gasteiger partial charge in [0.05, 0.1) is 0 Å². The van der Waals surface area contributed by atoms with Crippen molar-refractivity contribution in [3.8, 4) is 11.5 Å². The van der Waals surface area contributed by atoms with Crippen LogP contribution in [0.3, 0.4) is 0 Å². The topological polar surface area (TPSA) is 33.7 Å². The first kappa shape index (κ1) is 13.0. The minimum Gasteiger partial charge on any atom is -0.486 e. The zero-order valence-corrected chi connectivity index (χ0v) is 11.5. The fraction of sp³-hybridized carbons (Fsp3) is 0.462. The molecular weight excluding hydrogens is 248 g/mol. The zero-order valence-electron chi connectivity index (χ0n) is 10.7. The predicted molar refractivity (Wildman–Crippen MR) is 76.6 cm³/mol. The van der Waals surface area contributed by atoms with Gasteiger partial charge in [0.15, 0.2) is 16.6 Å². The van der Waals surface area contributed by atoms with Crippen LogP contribution in [0.1, 0.15) is 13.8 Å². The monoisotopic (exact) mass is 266 g/mol. The highest BCUT2D eigenvalue weighted by Gasteiger charge is 2.12. The van der Waals surface area contributed by atoms with Crippen molar-refractivity contribution < 1.29 is 9.47 Å². The summed E-state index contributed by atoms with van der Waals surface area (Å²) in [4.78, 5) is 2.09. The Kier molecular flexibility index (Phi) is 4.25. The van der Waals surface area contributed by atoms with Crippen LogP contribution in [0, 0.1) is 0 Å². The molecular formula is C13H18N2O2S. The third-order valence-corrected chi connectivity index (χ3v) is 3.20. The molecule has 1 aliphatic heterocycles. The number of thiocarbonyl (C=S) groups is 1. The Labute approximate surface area is 113 Å². The summed E-state index contributed by atoms with van der Waals surface area (Å²) in [6.07, 6.45) is 0. The number of nitrogens with zero attached hydrogens (tertiary/aromatic N) is 1. The summed E-state index contributed by atoms with van der Waals surface area (Å²) in [5.74, 6) is 1.56. The molecule has 5 heteroatoms. The highest BCUT2D eigenvalue weighted by atomic mass is 32.1. The molecule has 1 aromatic carbocycles. The van der Waals surface area contributed by atoms with Gasteiger partial charge in [-0.1, -0.05) is 0 Å². The van der Waals surface area contributed by atoms with Crippen molar-refractivity contribution in [3.63, 3.8) is 0 Å². The maximum Gasteiger partial charge on any atom is 0.173 e. The molecule has 1 heterocycles. The van der Waals surface area contributed by atoms with Crippen LogP contribution < -0.4 is 14.8 Å². The lowest BCUT2D eigenvalue weighted by molar-refractivity contribution is 0.171. The van der Waals surface area contributed by atoms with Crippen LogP contribution in [0.25, 0.3) is 0 Å². The molecule has 4 nitrogen and oxygen atoms in total. The molecule has 1 aromatic rings. The summed E-state index contributed by atoms with van der Waals surface area (Å²) in [6, 6.07) is 5.77. The summed E-state index contributed by atoms with van der Waals surface area (Å²) in [5, 5.41) is 3.95. The maximum absolute atomic E-state index is 5.54. The number of fused-ring (bicyclic) bond motifs is 1. The molecule has 0 unspecified atom stereocenters. The van der Waals surface area contributed by atoms with Gasteiger partial charge in [0.25, 0.3) is 0 Å². The highest BCUT2D eigenvalue weighted by Crippen LogP contribution is 2.32. The van der Waals surface area contributed by atoms with E-state index < -0.39 is 0 Å². The number of nitrogens with one attached hydrogen (secondary N) is 1. The largest absolute Gasteiger partial charge is 0.486 e. The van der Waals surface area contributed by atoms with Gasteiger partial charge < -0.3 is 19.7 Å². The zero-order chi connectivity index (χ0) is 13.0. The summed E-state index contributed by atoms with van der Waals surface area (Å²) in [6.45, 7) is 7.16. The van der Waals surface area contributed by atoms with Crippen LogP contribution in [-0.4, -0.2) is 36.3 Å². The molecule has 0 bridgehead atoms. The van der Waals surface area contributed by atoms with E-state index in [1.54, 1.807) is 0 Å². The van der Waals surface area contributed by atoms with Gasteiger partial charge in [-0.05, 0) is 38.2 Å². The normalized spacial score (nSPS) is 13.0. The smallest absolute Gasteiger partial charge is 0.173 e. The Morgan fingerprint density at radius 1 is 1.22 bits per heavy atom. The molecule has 0 saturated heterocycles. The van der Waals surface area contributed by atoms with E-state index in [0.717, 1.165) is 35.4 Å². The van der Waals surface area contributed by atoms with Crippen molar-refractivity contribution in [2.75, 3.05) is 31.6 Å². The fourth-order valence-electron chi connectivity index (χ4n) is 1.83. The lowest BCUT2D eigenvalue weighted by Crippen LogP contribution is -2.34. The molecule has 0 fully saturated rings. The summed E-state index contributed by atoms with van der Waals surface area (Å²) in [5.41, 5.74) is 0.927. The standard InChI is InChI=1S/C13H18N2O2S/c1-3-15(4-2)13(18)14-10-5-6-11-12(9-10)17-8-7-16-11/h5-6,9H,3-4,7-8H2,1-2H3,(H,14,18). The van der Waals surface area contributed by atoms with E-state index in [4.69, 9.17) is 21.7 Å². The van der Waals surface area contributed by atoms with Crippen LogP contribution in [-0.2, 0) is 0 Å². The van der Waals surface area contributed by atoms with Crippen LogP contribution in [0.4, 0.5) is 5.69 Å². The average molecular weight is 266 g/mol. The lowest BCUT2D eigenvalue weighted by atomic mass is 10.2. The van der Waals surface area contributed by atoms with E-state index in [1.807, 2.05) is 18.2 Å². The number of benzene rings is 1. The Morgan fingerprint density at radius 2 is 1.89 bits per heavy atom. The first-order chi connectivity index (χ1) is 8.74. The Balaban J connectivity index is 2.08. The molecule has 1 N–H and O–H groups in total. The van der Waals surface area contributed by atoms with Crippen LogP contribution in [0.2, 0.25) is 0 Å². The van der Waals surface area contributed by atoms with Gasteiger partial charge in [-0.25, -0.2) is 0 Å². The number of hydrogen-bond donors (Lipinski definition) is 1. The highest BCUT2D eigenvalue weighted by molar-refractivity contribution is 7.80. The molecule has 0 saturated carbocycles. The van der Waals surface area contributed by atoms with Crippen molar-refractivity contribution in [1.29, 1.82) is 0 Å². The molecule has 0 aliphatic carbocycles. The molecule has 0 spiro atoms. The Morgan fingerprint density at radius 3 is 2.56 bits per heavy atom. The Bertz CT molecular complexity index is 433. The number of hydrogen-bond acceptors (Lipinski definition) is 3. The Hall–Kier alpha value is -1.49.